The van der Waals surface area contributed by atoms with Crippen molar-refractivity contribution in [1.82, 2.24) is 10.6 Å². The Morgan fingerprint density at radius 2 is 1.56 bits per heavy atom. The van der Waals surface area contributed by atoms with Crippen LogP contribution in [0.25, 0.3) is 6.08 Å². The third kappa shape index (κ3) is 7.66. The smallest absolute Gasteiger partial charge is 0.275 e. The molecular weight excluding hydrogens is 520 g/mol. The summed E-state index contributed by atoms with van der Waals surface area (Å²) in [5.74, 6) is -1.39. The average molecular weight is 555 g/mol. The van der Waals surface area contributed by atoms with Crippen molar-refractivity contribution < 1.29 is 19.3 Å². The number of carbonyl (C=O) groups excluding carboxylic acids is 3. The van der Waals surface area contributed by atoms with Crippen molar-refractivity contribution in [3.63, 3.8) is 0 Å². The van der Waals surface area contributed by atoms with Crippen LogP contribution in [0.3, 0.4) is 0 Å². The minimum atomic E-state index is -1.03. The number of nitro groups is 1. The van der Waals surface area contributed by atoms with E-state index in [1.807, 2.05) is 37.3 Å². The molecule has 3 amide bonds. The number of nitrogens with one attached hydrogen (secondary N) is 2. The maximum Gasteiger partial charge on any atom is 0.275 e. The Hall–Kier alpha value is -4.79. The molecular formula is C32H34N4O5. The summed E-state index contributed by atoms with van der Waals surface area (Å²) in [5.41, 5.74) is 2.41. The van der Waals surface area contributed by atoms with E-state index >= 15 is 0 Å². The number of rotatable bonds is 9. The maximum absolute atomic E-state index is 14.4. The summed E-state index contributed by atoms with van der Waals surface area (Å²) >= 11 is 0. The minimum Gasteiger partial charge on any atom is -0.351 e. The van der Waals surface area contributed by atoms with Crippen LogP contribution >= 0.6 is 0 Å². The SMILES string of the molecule is CC(=O)N/C(=C\c1ccc([N+](=O)[O-])cc1)C(=O)N(c1ccccc1)C(C(=O)NC1CCCCC1)c1ccc(C)cc1. The number of non-ortho nitro benzene ring substituents is 1. The lowest BCUT2D eigenvalue weighted by molar-refractivity contribution is -0.384. The van der Waals surface area contributed by atoms with Gasteiger partial charge in [-0.2, -0.15) is 0 Å². The maximum atomic E-state index is 14.4. The standard InChI is InChI=1S/C32H34N4O5/c1-22-13-17-25(18-14-22)30(31(38)34-26-9-5-3-6-10-26)35(27-11-7-4-8-12-27)32(39)29(33-23(2)37)21-24-15-19-28(20-16-24)36(40)41/h4,7-8,11-21,26,30H,3,5-6,9-10H2,1-2H3,(H,33,37)(H,34,38)/b29-21-. The Balaban J connectivity index is 1.82. The van der Waals surface area contributed by atoms with Gasteiger partial charge in [0, 0.05) is 30.8 Å². The summed E-state index contributed by atoms with van der Waals surface area (Å²) in [6, 6.07) is 20.9. The van der Waals surface area contributed by atoms with Crippen LogP contribution in [0, 0.1) is 17.0 Å². The lowest BCUT2D eigenvalue weighted by Crippen LogP contribution is -2.49. The lowest BCUT2D eigenvalue weighted by atomic mass is 9.94. The van der Waals surface area contributed by atoms with Crippen LogP contribution in [-0.4, -0.2) is 28.7 Å². The Kier molecular flexibility index (Phi) is 9.63. The number of hydrogen-bond acceptors (Lipinski definition) is 5. The van der Waals surface area contributed by atoms with Crippen LogP contribution in [0.1, 0.15) is 61.8 Å². The topological polar surface area (TPSA) is 122 Å². The van der Waals surface area contributed by atoms with Crippen molar-refractivity contribution in [2.24, 2.45) is 0 Å². The fraction of sp³-hybridized carbons (Fsp3) is 0.281. The first kappa shape index (κ1) is 29.2. The molecule has 0 aromatic heterocycles. The van der Waals surface area contributed by atoms with E-state index in [1.54, 1.807) is 24.3 Å². The van der Waals surface area contributed by atoms with Gasteiger partial charge in [-0.25, -0.2) is 0 Å². The van der Waals surface area contributed by atoms with Crippen molar-refractivity contribution in [2.75, 3.05) is 4.90 Å². The molecule has 212 valence electrons. The minimum absolute atomic E-state index is 0.0161. The first-order chi connectivity index (χ1) is 19.7. The lowest BCUT2D eigenvalue weighted by Gasteiger charge is -2.34. The Labute approximate surface area is 239 Å². The van der Waals surface area contributed by atoms with E-state index in [9.17, 15) is 24.5 Å². The molecule has 0 saturated heterocycles. The van der Waals surface area contributed by atoms with E-state index in [-0.39, 0.29) is 23.3 Å². The van der Waals surface area contributed by atoms with Crippen molar-refractivity contribution in [2.45, 2.75) is 58.0 Å². The molecule has 1 aliphatic carbocycles. The van der Waals surface area contributed by atoms with Crippen LogP contribution in [0.4, 0.5) is 11.4 Å². The molecule has 0 heterocycles. The van der Waals surface area contributed by atoms with Crippen LogP contribution in [0.15, 0.2) is 84.6 Å². The molecule has 3 aromatic carbocycles. The Morgan fingerprint density at radius 3 is 2.15 bits per heavy atom. The van der Waals surface area contributed by atoms with E-state index in [1.165, 1.54) is 42.2 Å². The molecule has 1 aliphatic rings. The molecule has 2 N–H and O–H groups in total. The zero-order chi connectivity index (χ0) is 29.4. The van der Waals surface area contributed by atoms with Gasteiger partial charge in [0.25, 0.3) is 11.6 Å². The predicted molar refractivity (Wildman–Crippen MR) is 158 cm³/mol. The molecule has 41 heavy (non-hydrogen) atoms. The van der Waals surface area contributed by atoms with E-state index in [0.717, 1.165) is 37.7 Å². The highest BCUT2D eigenvalue weighted by Gasteiger charge is 2.35. The fourth-order valence-electron chi connectivity index (χ4n) is 5.00. The van der Waals surface area contributed by atoms with Crippen molar-refractivity contribution in [1.29, 1.82) is 0 Å². The third-order valence-electron chi connectivity index (χ3n) is 7.06. The number of hydrogen-bond donors (Lipinski definition) is 2. The highest BCUT2D eigenvalue weighted by molar-refractivity contribution is 6.13. The quantitative estimate of drug-likeness (QED) is 0.202. The van der Waals surface area contributed by atoms with Gasteiger partial charge in [0.1, 0.15) is 11.7 Å². The number of para-hydroxylation sites is 1. The van der Waals surface area contributed by atoms with E-state index in [0.29, 0.717) is 16.8 Å². The summed E-state index contributed by atoms with van der Waals surface area (Å²) in [5, 5.41) is 16.9. The van der Waals surface area contributed by atoms with Gasteiger partial charge in [-0.3, -0.25) is 29.4 Å². The second-order valence-electron chi connectivity index (χ2n) is 10.3. The predicted octanol–water partition coefficient (Wildman–Crippen LogP) is 5.60. The largest absolute Gasteiger partial charge is 0.351 e. The van der Waals surface area contributed by atoms with Gasteiger partial charge in [0.05, 0.1) is 4.92 Å². The molecule has 1 unspecified atom stereocenters. The molecule has 0 aliphatic heterocycles. The number of amides is 3. The van der Waals surface area contributed by atoms with Crippen LogP contribution in [-0.2, 0) is 14.4 Å². The molecule has 1 atom stereocenters. The molecule has 4 rings (SSSR count). The van der Waals surface area contributed by atoms with Crippen LogP contribution < -0.4 is 15.5 Å². The molecule has 0 bridgehead atoms. The van der Waals surface area contributed by atoms with Gasteiger partial charge in [-0.1, -0.05) is 67.3 Å². The second kappa shape index (κ2) is 13.5. The zero-order valence-corrected chi connectivity index (χ0v) is 23.2. The molecule has 0 radical (unpaired) electrons. The van der Waals surface area contributed by atoms with Gasteiger partial charge in [0.2, 0.25) is 11.8 Å². The van der Waals surface area contributed by atoms with Gasteiger partial charge < -0.3 is 10.6 Å². The molecule has 0 spiro atoms. The summed E-state index contributed by atoms with van der Waals surface area (Å²) in [6.45, 7) is 3.24. The summed E-state index contributed by atoms with van der Waals surface area (Å²) in [7, 11) is 0. The second-order valence-corrected chi connectivity index (χ2v) is 10.3. The monoisotopic (exact) mass is 554 g/mol. The third-order valence-corrected chi connectivity index (χ3v) is 7.06. The molecule has 1 saturated carbocycles. The number of carbonyl (C=O) groups is 3. The Morgan fingerprint density at radius 1 is 0.927 bits per heavy atom. The van der Waals surface area contributed by atoms with Gasteiger partial charge >= 0.3 is 0 Å². The van der Waals surface area contributed by atoms with Crippen LogP contribution in [0.2, 0.25) is 0 Å². The Bertz CT molecular complexity index is 1410. The highest BCUT2D eigenvalue weighted by Crippen LogP contribution is 2.31. The average Bonchev–Trinajstić information content (AvgIpc) is 2.97. The highest BCUT2D eigenvalue weighted by atomic mass is 16.6. The van der Waals surface area contributed by atoms with Crippen molar-refractivity contribution >= 4 is 35.2 Å². The molecule has 9 heteroatoms. The van der Waals surface area contributed by atoms with Crippen LogP contribution in [0.5, 0.6) is 0 Å². The van der Waals surface area contributed by atoms with Gasteiger partial charge in [-0.15, -0.1) is 0 Å². The number of benzene rings is 3. The van der Waals surface area contributed by atoms with Gasteiger partial charge in [-0.05, 0) is 61.2 Å². The number of nitrogens with zero attached hydrogens (tertiary/aromatic N) is 2. The first-order valence-corrected chi connectivity index (χ1v) is 13.7. The van der Waals surface area contributed by atoms with E-state index in [2.05, 4.69) is 10.6 Å². The number of nitro benzene ring substituents is 1. The summed E-state index contributed by atoms with van der Waals surface area (Å²) in [6.07, 6.45) is 6.41. The normalized spacial score (nSPS) is 14.5. The van der Waals surface area contributed by atoms with E-state index < -0.39 is 22.8 Å². The number of aryl methyl sites for hydroxylation is 1. The fourth-order valence-corrected chi connectivity index (χ4v) is 5.00. The summed E-state index contributed by atoms with van der Waals surface area (Å²) < 4.78 is 0. The summed E-state index contributed by atoms with van der Waals surface area (Å²) in [4.78, 5) is 52.7. The van der Waals surface area contributed by atoms with E-state index in [4.69, 9.17) is 0 Å². The van der Waals surface area contributed by atoms with Gasteiger partial charge in [0.15, 0.2) is 0 Å². The van der Waals surface area contributed by atoms with Crippen molar-refractivity contribution in [3.8, 4) is 0 Å². The molecule has 3 aromatic rings. The molecule has 1 fully saturated rings. The van der Waals surface area contributed by atoms with Crippen molar-refractivity contribution in [3.05, 3.63) is 111 Å². The molecule has 9 nitrogen and oxygen atoms in total. The first-order valence-electron chi connectivity index (χ1n) is 13.7. The zero-order valence-electron chi connectivity index (χ0n) is 23.2. The number of anilines is 1.